The lowest BCUT2D eigenvalue weighted by Gasteiger charge is -2.32. The predicted molar refractivity (Wildman–Crippen MR) is 69.1 cm³/mol. The Morgan fingerprint density at radius 1 is 1.38 bits per heavy atom. The highest BCUT2D eigenvalue weighted by Crippen LogP contribution is 2.29. The van der Waals surface area contributed by atoms with Gasteiger partial charge in [0.15, 0.2) is 0 Å². The van der Waals surface area contributed by atoms with E-state index in [1.54, 1.807) is 6.07 Å². The van der Waals surface area contributed by atoms with Crippen LogP contribution in [0.2, 0.25) is 5.02 Å². The topological polar surface area (TPSA) is 38.5 Å². The molecule has 16 heavy (non-hydrogen) atoms. The molecular formula is C12H19ClN2O. The average Bonchev–Trinajstić information content (AvgIpc) is 2.20. The molecule has 0 spiro atoms. The van der Waals surface area contributed by atoms with Crippen LogP contribution >= 0.6 is 11.6 Å². The summed E-state index contributed by atoms with van der Waals surface area (Å²) in [6.07, 6.45) is 0. The molecule has 0 fully saturated rings. The zero-order valence-corrected chi connectivity index (χ0v) is 11.0. The van der Waals surface area contributed by atoms with Gasteiger partial charge < -0.3 is 15.4 Å². The zero-order valence-electron chi connectivity index (χ0n) is 10.2. The minimum Gasteiger partial charge on any atom is -0.489 e. The van der Waals surface area contributed by atoms with Gasteiger partial charge in [-0.05, 0) is 40.1 Å². The third kappa shape index (κ3) is 3.03. The van der Waals surface area contributed by atoms with Crippen molar-refractivity contribution in [2.24, 2.45) is 0 Å². The summed E-state index contributed by atoms with van der Waals surface area (Å²) in [5, 5.41) is 0.528. The summed E-state index contributed by atoms with van der Waals surface area (Å²) >= 11 is 5.91. The summed E-state index contributed by atoms with van der Waals surface area (Å²) in [5.74, 6) is 0.641. The maximum atomic E-state index is 5.91. The molecule has 0 amide bonds. The second kappa shape index (κ2) is 4.93. The minimum atomic E-state index is -0.0469. The third-order valence-corrected chi connectivity index (χ3v) is 3.13. The fraction of sp³-hybridized carbons (Fsp3) is 0.500. The molecule has 4 heteroatoms. The maximum Gasteiger partial charge on any atom is 0.143 e. The van der Waals surface area contributed by atoms with Crippen LogP contribution in [0.4, 0.5) is 5.69 Å². The molecule has 1 aromatic carbocycles. The van der Waals surface area contributed by atoms with Gasteiger partial charge in [0.25, 0.3) is 0 Å². The minimum absolute atomic E-state index is 0.0469. The Morgan fingerprint density at radius 2 is 2.00 bits per heavy atom. The number of rotatable bonds is 4. The van der Waals surface area contributed by atoms with E-state index in [2.05, 4.69) is 18.7 Å². The SMILES string of the molecule is CN(C)C(C)(C)COc1cccc(Cl)c1N. The van der Waals surface area contributed by atoms with Crippen LogP contribution in [0.1, 0.15) is 13.8 Å². The van der Waals surface area contributed by atoms with E-state index in [1.165, 1.54) is 0 Å². The van der Waals surface area contributed by atoms with Gasteiger partial charge in [-0.25, -0.2) is 0 Å². The number of hydrogen-bond acceptors (Lipinski definition) is 3. The van der Waals surface area contributed by atoms with Crippen molar-refractivity contribution in [1.29, 1.82) is 0 Å². The quantitative estimate of drug-likeness (QED) is 0.825. The van der Waals surface area contributed by atoms with Crippen LogP contribution in [0, 0.1) is 0 Å². The molecule has 0 atom stereocenters. The van der Waals surface area contributed by atoms with Gasteiger partial charge in [-0.15, -0.1) is 0 Å². The van der Waals surface area contributed by atoms with Crippen LogP contribution in [-0.2, 0) is 0 Å². The number of para-hydroxylation sites is 1. The Kier molecular flexibility index (Phi) is 4.05. The van der Waals surface area contributed by atoms with Crippen LogP contribution in [0.15, 0.2) is 18.2 Å². The lowest BCUT2D eigenvalue weighted by Crippen LogP contribution is -2.43. The number of hydrogen-bond donors (Lipinski definition) is 1. The van der Waals surface area contributed by atoms with Gasteiger partial charge in [-0.3, -0.25) is 0 Å². The van der Waals surface area contributed by atoms with Crippen molar-refractivity contribution in [1.82, 2.24) is 4.90 Å². The van der Waals surface area contributed by atoms with Crippen LogP contribution in [0.3, 0.4) is 0 Å². The van der Waals surface area contributed by atoms with E-state index in [0.717, 1.165) is 0 Å². The second-order valence-electron chi connectivity index (χ2n) is 4.65. The van der Waals surface area contributed by atoms with Crippen molar-refractivity contribution in [2.45, 2.75) is 19.4 Å². The molecule has 1 rings (SSSR count). The van der Waals surface area contributed by atoms with Crippen molar-refractivity contribution in [3.63, 3.8) is 0 Å². The number of likely N-dealkylation sites (N-methyl/N-ethyl adjacent to an activating group) is 1. The predicted octanol–water partition coefficient (Wildman–Crippen LogP) is 2.64. The number of nitrogens with zero attached hydrogens (tertiary/aromatic N) is 1. The largest absolute Gasteiger partial charge is 0.489 e. The fourth-order valence-electron chi connectivity index (χ4n) is 1.03. The summed E-state index contributed by atoms with van der Waals surface area (Å²) in [4.78, 5) is 2.10. The Bertz CT molecular complexity index is 364. The Balaban J connectivity index is 2.72. The van der Waals surface area contributed by atoms with Crippen molar-refractivity contribution >= 4 is 17.3 Å². The van der Waals surface area contributed by atoms with Crippen LogP contribution in [0.25, 0.3) is 0 Å². The molecule has 2 N–H and O–H groups in total. The van der Waals surface area contributed by atoms with E-state index in [1.807, 2.05) is 26.2 Å². The van der Waals surface area contributed by atoms with Gasteiger partial charge >= 0.3 is 0 Å². The summed E-state index contributed by atoms with van der Waals surface area (Å²) in [5.41, 5.74) is 6.27. The number of anilines is 1. The zero-order chi connectivity index (χ0) is 12.3. The molecule has 3 nitrogen and oxygen atoms in total. The Labute approximate surface area is 102 Å². The highest BCUT2D eigenvalue weighted by atomic mass is 35.5. The van der Waals surface area contributed by atoms with Gasteiger partial charge in [0.2, 0.25) is 0 Å². The number of nitrogens with two attached hydrogens (primary N) is 1. The van der Waals surface area contributed by atoms with Gasteiger partial charge in [0.1, 0.15) is 12.4 Å². The molecule has 0 radical (unpaired) electrons. The standard InChI is InChI=1S/C12H19ClN2O/c1-12(2,15(3)4)8-16-10-7-5-6-9(13)11(10)14/h5-7H,8,14H2,1-4H3. The molecule has 0 bridgehead atoms. The number of nitrogen functional groups attached to an aromatic ring is 1. The lowest BCUT2D eigenvalue weighted by molar-refractivity contribution is 0.114. The monoisotopic (exact) mass is 242 g/mol. The first-order valence-electron chi connectivity index (χ1n) is 5.19. The van der Waals surface area contributed by atoms with E-state index in [9.17, 15) is 0 Å². The van der Waals surface area contributed by atoms with Crippen molar-refractivity contribution < 1.29 is 4.74 Å². The van der Waals surface area contributed by atoms with E-state index >= 15 is 0 Å². The molecule has 0 aliphatic rings. The van der Waals surface area contributed by atoms with E-state index < -0.39 is 0 Å². The molecule has 90 valence electrons. The third-order valence-electron chi connectivity index (χ3n) is 2.80. The summed E-state index contributed by atoms with van der Waals surface area (Å²) in [6.45, 7) is 4.77. The molecule has 0 unspecified atom stereocenters. The first-order valence-corrected chi connectivity index (χ1v) is 5.56. The normalized spacial score (nSPS) is 11.9. The lowest BCUT2D eigenvalue weighted by atomic mass is 10.1. The Hall–Kier alpha value is -0.930. The van der Waals surface area contributed by atoms with Crippen LogP contribution < -0.4 is 10.5 Å². The maximum absolute atomic E-state index is 5.91. The highest BCUT2D eigenvalue weighted by Gasteiger charge is 2.21. The van der Waals surface area contributed by atoms with E-state index in [0.29, 0.717) is 23.1 Å². The first kappa shape index (κ1) is 13.1. The summed E-state index contributed by atoms with van der Waals surface area (Å²) in [6, 6.07) is 5.41. The first-order chi connectivity index (χ1) is 7.34. The number of benzene rings is 1. The van der Waals surface area contributed by atoms with Crippen molar-refractivity contribution in [3.8, 4) is 5.75 Å². The van der Waals surface area contributed by atoms with Gasteiger partial charge in [-0.1, -0.05) is 17.7 Å². The highest BCUT2D eigenvalue weighted by molar-refractivity contribution is 6.33. The van der Waals surface area contributed by atoms with E-state index in [-0.39, 0.29) is 5.54 Å². The summed E-state index contributed by atoms with van der Waals surface area (Å²) in [7, 11) is 4.04. The van der Waals surface area contributed by atoms with Crippen molar-refractivity contribution in [2.75, 3.05) is 26.4 Å². The summed E-state index contributed by atoms with van der Waals surface area (Å²) < 4.78 is 5.69. The molecule has 1 aromatic rings. The fourth-order valence-corrected chi connectivity index (χ4v) is 1.19. The molecule has 0 saturated heterocycles. The molecule has 0 saturated carbocycles. The average molecular weight is 243 g/mol. The molecule has 0 aliphatic carbocycles. The molecule has 0 aromatic heterocycles. The van der Waals surface area contributed by atoms with Crippen molar-refractivity contribution in [3.05, 3.63) is 23.2 Å². The van der Waals surface area contributed by atoms with Gasteiger partial charge in [0.05, 0.1) is 10.7 Å². The second-order valence-corrected chi connectivity index (χ2v) is 5.05. The molecular weight excluding hydrogens is 224 g/mol. The molecule has 0 aliphatic heterocycles. The number of halogens is 1. The molecule has 0 heterocycles. The van der Waals surface area contributed by atoms with Crippen LogP contribution in [0.5, 0.6) is 5.75 Å². The smallest absolute Gasteiger partial charge is 0.143 e. The number of ether oxygens (including phenoxy) is 1. The van der Waals surface area contributed by atoms with Crippen LogP contribution in [-0.4, -0.2) is 31.1 Å². The van der Waals surface area contributed by atoms with Gasteiger partial charge in [0, 0.05) is 5.54 Å². The van der Waals surface area contributed by atoms with Gasteiger partial charge in [-0.2, -0.15) is 0 Å². The van der Waals surface area contributed by atoms with E-state index in [4.69, 9.17) is 22.1 Å². The Morgan fingerprint density at radius 3 is 2.56 bits per heavy atom.